The summed E-state index contributed by atoms with van der Waals surface area (Å²) in [6.07, 6.45) is 3.96. The third-order valence-corrected chi connectivity index (χ3v) is 5.44. The molecule has 1 aliphatic rings. The number of rotatable bonds is 5. The average Bonchev–Trinajstić information content (AvgIpc) is 2.69. The molecule has 1 unspecified atom stereocenters. The van der Waals surface area contributed by atoms with Gasteiger partial charge >= 0.3 is 0 Å². The van der Waals surface area contributed by atoms with Crippen LogP contribution in [0.4, 0.5) is 5.95 Å². The van der Waals surface area contributed by atoms with Crippen molar-refractivity contribution >= 4 is 29.5 Å². The van der Waals surface area contributed by atoms with E-state index in [1.54, 1.807) is 0 Å². The molecule has 94 valence electrons. The minimum atomic E-state index is 0.711. The monoisotopic (exact) mass is 269 g/mol. The van der Waals surface area contributed by atoms with Crippen LogP contribution in [0.2, 0.25) is 0 Å². The van der Waals surface area contributed by atoms with Crippen molar-refractivity contribution < 1.29 is 0 Å². The molecule has 0 spiro atoms. The Morgan fingerprint density at radius 1 is 1.65 bits per heavy atom. The van der Waals surface area contributed by atoms with Gasteiger partial charge in [-0.05, 0) is 6.92 Å². The van der Waals surface area contributed by atoms with Crippen molar-refractivity contribution in [3.63, 3.8) is 0 Å². The molecule has 1 aromatic heterocycles. The largest absolute Gasteiger partial charge is 0.354 e. The van der Waals surface area contributed by atoms with E-state index in [1.165, 1.54) is 17.3 Å². The summed E-state index contributed by atoms with van der Waals surface area (Å²) in [7, 11) is 0. The summed E-state index contributed by atoms with van der Waals surface area (Å²) in [5.41, 5.74) is 1.06. The smallest absolute Gasteiger partial charge is 0.203 e. The summed E-state index contributed by atoms with van der Waals surface area (Å²) in [4.78, 5) is 4.50. The SMILES string of the molecule is C=CCn1cc(C)nc1NCC1CSCCS1. The predicted octanol–water partition coefficient (Wildman–Crippen LogP) is 2.64. The van der Waals surface area contributed by atoms with Crippen molar-refractivity contribution in [1.29, 1.82) is 0 Å². The van der Waals surface area contributed by atoms with Gasteiger partial charge in [0.2, 0.25) is 5.95 Å². The zero-order valence-corrected chi connectivity index (χ0v) is 11.8. The fourth-order valence-electron chi connectivity index (χ4n) is 1.83. The Labute approximate surface area is 111 Å². The Morgan fingerprint density at radius 3 is 3.24 bits per heavy atom. The van der Waals surface area contributed by atoms with E-state index in [0.717, 1.165) is 24.7 Å². The molecule has 1 atom stereocenters. The Hall–Kier alpha value is -0.550. The summed E-state index contributed by atoms with van der Waals surface area (Å²) >= 11 is 4.12. The standard InChI is InChI=1S/C12H19N3S2/c1-3-4-15-8-10(2)14-12(15)13-7-11-9-16-5-6-17-11/h3,8,11H,1,4-7,9H2,2H3,(H,13,14). The highest BCUT2D eigenvalue weighted by molar-refractivity contribution is 8.06. The van der Waals surface area contributed by atoms with Crippen molar-refractivity contribution in [2.24, 2.45) is 0 Å². The van der Waals surface area contributed by atoms with Gasteiger partial charge in [-0.15, -0.1) is 6.58 Å². The quantitative estimate of drug-likeness (QED) is 0.832. The molecule has 17 heavy (non-hydrogen) atoms. The lowest BCUT2D eigenvalue weighted by Gasteiger charge is -2.21. The van der Waals surface area contributed by atoms with E-state index in [2.05, 4.69) is 51.2 Å². The molecule has 5 heteroatoms. The first-order valence-electron chi connectivity index (χ1n) is 5.87. The van der Waals surface area contributed by atoms with Gasteiger partial charge in [0.25, 0.3) is 0 Å². The second-order valence-electron chi connectivity index (χ2n) is 4.10. The van der Waals surface area contributed by atoms with Crippen LogP contribution in [-0.4, -0.2) is 38.6 Å². The van der Waals surface area contributed by atoms with Gasteiger partial charge < -0.3 is 9.88 Å². The highest BCUT2D eigenvalue weighted by Gasteiger charge is 2.15. The molecule has 2 rings (SSSR count). The number of anilines is 1. The normalized spacial score (nSPS) is 20.2. The van der Waals surface area contributed by atoms with Crippen molar-refractivity contribution in [3.05, 3.63) is 24.5 Å². The highest BCUT2D eigenvalue weighted by Crippen LogP contribution is 2.24. The van der Waals surface area contributed by atoms with E-state index in [1.807, 2.05) is 13.0 Å². The van der Waals surface area contributed by atoms with Gasteiger partial charge in [0.1, 0.15) is 0 Å². The first-order valence-corrected chi connectivity index (χ1v) is 8.08. The van der Waals surface area contributed by atoms with Crippen LogP contribution in [0.5, 0.6) is 0 Å². The predicted molar refractivity (Wildman–Crippen MR) is 79.2 cm³/mol. The van der Waals surface area contributed by atoms with Crippen LogP contribution in [0, 0.1) is 6.92 Å². The summed E-state index contributed by atoms with van der Waals surface area (Å²) in [6.45, 7) is 7.62. The van der Waals surface area contributed by atoms with Crippen molar-refractivity contribution in [2.75, 3.05) is 29.1 Å². The maximum atomic E-state index is 4.50. The second-order valence-corrected chi connectivity index (χ2v) is 6.65. The molecule has 3 nitrogen and oxygen atoms in total. The zero-order valence-electron chi connectivity index (χ0n) is 10.2. The number of hydrogen-bond acceptors (Lipinski definition) is 4. The maximum Gasteiger partial charge on any atom is 0.203 e. The number of allylic oxidation sites excluding steroid dienone is 1. The number of imidazole rings is 1. The molecule has 0 radical (unpaired) electrons. The summed E-state index contributed by atoms with van der Waals surface area (Å²) < 4.78 is 2.11. The van der Waals surface area contributed by atoms with Crippen LogP contribution < -0.4 is 5.32 Å². The van der Waals surface area contributed by atoms with Crippen LogP contribution in [0.1, 0.15) is 5.69 Å². The fourth-order valence-corrected chi connectivity index (χ4v) is 4.44. The molecule has 1 aliphatic heterocycles. The molecule has 1 N–H and O–H groups in total. The van der Waals surface area contributed by atoms with Gasteiger partial charge in [0.15, 0.2) is 0 Å². The molecule has 0 amide bonds. The molecular formula is C12H19N3S2. The number of aryl methyl sites for hydroxylation is 1. The van der Waals surface area contributed by atoms with Crippen LogP contribution >= 0.6 is 23.5 Å². The van der Waals surface area contributed by atoms with Crippen molar-refractivity contribution in [2.45, 2.75) is 18.7 Å². The molecule has 1 saturated heterocycles. The van der Waals surface area contributed by atoms with Gasteiger partial charge in [-0.1, -0.05) is 6.08 Å². The van der Waals surface area contributed by atoms with Crippen LogP contribution in [0.15, 0.2) is 18.9 Å². The van der Waals surface area contributed by atoms with E-state index < -0.39 is 0 Å². The Balaban J connectivity index is 1.90. The minimum absolute atomic E-state index is 0.711. The summed E-state index contributed by atoms with van der Waals surface area (Å²) in [6, 6.07) is 0. The Morgan fingerprint density at radius 2 is 2.53 bits per heavy atom. The van der Waals surface area contributed by atoms with Crippen molar-refractivity contribution in [3.8, 4) is 0 Å². The average molecular weight is 269 g/mol. The maximum absolute atomic E-state index is 4.50. The molecule has 0 aliphatic carbocycles. The molecule has 0 aromatic carbocycles. The molecule has 0 saturated carbocycles. The van der Waals surface area contributed by atoms with Crippen LogP contribution in [0.25, 0.3) is 0 Å². The first kappa shape index (κ1) is 12.9. The summed E-state index contributed by atoms with van der Waals surface area (Å²) in [5.74, 6) is 4.79. The van der Waals surface area contributed by atoms with Gasteiger partial charge in [-0.3, -0.25) is 0 Å². The van der Waals surface area contributed by atoms with E-state index in [-0.39, 0.29) is 0 Å². The van der Waals surface area contributed by atoms with E-state index in [9.17, 15) is 0 Å². The lowest BCUT2D eigenvalue weighted by Crippen LogP contribution is -2.24. The second kappa shape index (κ2) is 6.40. The van der Waals surface area contributed by atoms with Crippen LogP contribution in [-0.2, 0) is 6.54 Å². The number of nitrogens with one attached hydrogen (secondary N) is 1. The topological polar surface area (TPSA) is 29.9 Å². The van der Waals surface area contributed by atoms with Gasteiger partial charge in [-0.25, -0.2) is 4.98 Å². The van der Waals surface area contributed by atoms with Gasteiger partial charge in [0.05, 0.1) is 5.69 Å². The van der Waals surface area contributed by atoms with Crippen molar-refractivity contribution in [1.82, 2.24) is 9.55 Å². The van der Waals surface area contributed by atoms with Gasteiger partial charge in [-0.2, -0.15) is 23.5 Å². The lowest BCUT2D eigenvalue weighted by atomic mass is 10.4. The first-order chi connectivity index (χ1) is 8.29. The van der Waals surface area contributed by atoms with E-state index in [4.69, 9.17) is 0 Å². The Kier molecular flexibility index (Phi) is 4.86. The number of aromatic nitrogens is 2. The summed E-state index contributed by atoms with van der Waals surface area (Å²) in [5, 5.41) is 4.17. The zero-order chi connectivity index (χ0) is 12.1. The molecule has 1 aromatic rings. The third kappa shape index (κ3) is 3.71. The minimum Gasteiger partial charge on any atom is -0.354 e. The van der Waals surface area contributed by atoms with E-state index in [0.29, 0.717) is 5.25 Å². The highest BCUT2D eigenvalue weighted by atomic mass is 32.2. The lowest BCUT2D eigenvalue weighted by molar-refractivity contribution is 0.816. The fraction of sp³-hybridized carbons (Fsp3) is 0.583. The molecule has 2 heterocycles. The number of nitrogens with zero attached hydrogens (tertiary/aromatic N) is 2. The Bertz CT molecular complexity index is 370. The van der Waals surface area contributed by atoms with E-state index >= 15 is 0 Å². The molecular weight excluding hydrogens is 250 g/mol. The molecule has 0 bridgehead atoms. The number of hydrogen-bond donors (Lipinski definition) is 1. The molecule has 1 fully saturated rings. The third-order valence-electron chi connectivity index (χ3n) is 2.60. The number of thioether (sulfide) groups is 2. The van der Waals surface area contributed by atoms with Crippen LogP contribution in [0.3, 0.4) is 0 Å². The van der Waals surface area contributed by atoms with Gasteiger partial charge in [0, 0.05) is 41.8 Å².